The molecule has 1 aliphatic rings. The van der Waals surface area contributed by atoms with Gasteiger partial charge in [0, 0.05) is 25.1 Å². The Labute approximate surface area is 96.0 Å². The van der Waals surface area contributed by atoms with E-state index < -0.39 is 0 Å². The predicted octanol–water partition coefficient (Wildman–Crippen LogP) is 2.74. The first-order valence-corrected chi connectivity index (χ1v) is 6.44. The summed E-state index contributed by atoms with van der Waals surface area (Å²) in [5, 5.41) is 6.35. The third-order valence-electron chi connectivity index (χ3n) is 2.36. The van der Waals surface area contributed by atoms with Crippen LogP contribution in [0.15, 0.2) is 9.98 Å². The number of rotatable bonds is 3. The van der Waals surface area contributed by atoms with Crippen LogP contribution >= 0.6 is 27.3 Å². The van der Waals surface area contributed by atoms with E-state index in [1.807, 2.05) is 5.38 Å². The fourth-order valence-corrected chi connectivity index (χ4v) is 2.67. The van der Waals surface area contributed by atoms with Crippen molar-refractivity contribution in [2.45, 2.75) is 12.8 Å². The van der Waals surface area contributed by atoms with Gasteiger partial charge in [0.05, 0.1) is 0 Å². The number of thiazole rings is 1. The van der Waals surface area contributed by atoms with E-state index in [0.717, 1.165) is 35.4 Å². The zero-order chi connectivity index (χ0) is 9.80. The molecule has 0 aliphatic carbocycles. The number of nitrogens with one attached hydrogen (secondary N) is 1. The molecule has 0 aromatic carbocycles. The van der Waals surface area contributed by atoms with Crippen LogP contribution in [0.5, 0.6) is 0 Å². The molecule has 1 aliphatic heterocycles. The lowest BCUT2D eigenvalue weighted by Crippen LogP contribution is -2.22. The highest BCUT2D eigenvalue weighted by atomic mass is 79.9. The van der Waals surface area contributed by atoms with Crippen molar-refractivity contribution in [3.63, 3.8) is 0 Å². The maximum absolute atomic E-state index is 5.31. The second kappa shape index (κ2) is 5.09. The topological polar surface area (TPSA) is 34.1 Å². The number of nitrogens with zero attached hydrogens (tertiary/aromatic N) is 1. The zero-order valence-corrected chi connectivity index (χ0v) is 10.2. The van der Waals surface area contributed by atoms with E-state index in [0.29, 0.717) is 0 Å². The van der Waals surface area contributed by atoms with E-state index in [1.165, 1.54) is 12.8 Å². The molecule has 0 radical (unpaired) electrons. The third-order valence-corrected chi connectivity index (χ3v) is 3.87. The summed E-state index contributed by atoms with van der Waals surface area (Å²) in [4.78, 5) is 4.29. The van der Waals surface area contributed by atoms with Gasteiger partial charge in [-0.05, 0) is 34.7 Å². The highest BCUT2D eigenvalue weighted by Crippen LogP contribution is 2.21. The first kappa shape index (κ1) is 10.4. The molecule has 0 spiro atoms. The third kappa shape index (κ3) is 2.93. The summed E-state index contributed by atoms with van der Waals surface area (Å²) < 4.78 is 6.22. The monoisotopic (exact) mass is 276 g/mol. The lowest BCUT2D eigenvalue weighted by atomic mass is 10.0. The Hall–Kier alpha value is -0.130. The molecule has 5 heteroatoms. The molecule has 78 valence electrons. The molecule has 0 bridgehead atoms. The number of halogens is 1. The summed E-state index contributed by atoms with van der Waals surface area (Å²) in [7, 11) is 0. The molecule has 2 heterocycles. The summed E-state index contributed by atoms with van der Waals surface area (Å²) in [5.74, 6) is 0.742. The van der Waals surface area contributed by atoms with Crippen LogP contribution in [-0.4, -0.2) is 24.7 Å². The Kier molecular flexibility index (Phi) is 3.78. The van der Waals surface area contributed by atoms with Crippen LogP contribution in [-0.2, 0) is 4.74 Å². The van der Waals surface area contributed by atoms with E-state index in [2.05, 4.69) is 26.2 Å². The van der Waals surface area contributed by atoms with Crippen LogP contribution < -0.4 is 5.32 Å². The van der Waals surface area contributed by atoms with E-state index in [4.69, 9.17) is 4.74 Å². The molecule has 2 rings (SSSR count). The highest BCUT2D eigenvalue weighted by molar-refractivity contribution is 9.10. The number of aromatic nitrogens is 1. The summed E-state index contributed by atoms with van der Waals surface area (Å²) >= 11 is 4.98. The minimum Gasteiger partial charge on any atom is -0.381 e. The van der Waals surface area contributed by atoms with Gasteiger partial charge < -0.3 is 10.1 Å². The maximum Gasteiger partial charge on any atom is 0.183 e. The summed E-state index contributed by atoms with van der Waals surface area (Å²) in [5.41, 5.74) is 0. The molecular formula is C9H13BrN2OS. The largest absolute Gasteiger partial charge is 0.381 e. The van der Waals surface area contributed by atoms with Gasteiger partial charge >= 0.3 is 0 Å². The summed E-state index contributed by atoms with van der Waals surface area (Å²) in [6.45, 7) is 2.84. The molecule has 1 N–H and O–H groups in total. The second-order valence-electron chi connectivity index (χ2n) is 3.41. The van der Waals surface area contributed by atoms with Gasteiger partial charge in [0.15, 0.2) is 5.13 Å². The van der Waals surface area contributed by atoms with Crippen LogP contribution in [0.2, 0.25) is 0 Å². The Balaban J connectivity index is 1.76. The van der Waals surface area contributed by atoms with Crippen molar-refractivity contribution >= 4 is 32.4 Å². The van der Waals surface area contributed by atoms with Gasteiger partial charge in [-0.2, -0.15) is 0 Å². The molecule has 0 atom stereocenters. The number of hydrogen-bond donors (Lipinski definition) is 1. The maximum atomic E-state index is 5.31. The quantitative estimate of drug-likeness (QED) is 0.922. The molecule has 0 saturated carbocycles. The van der Waals surface area contributed by atoms with Crippen molar-refractivity contribution < 1.29 is 4.74 Å². The fraction of sp³-hybridized carbons (Fsp3) is 0.667. The first-order chi connectivity index (χ1) is 6.84. The Morgan fingerprint density at radius 2 is 2.36 bits per heavy atom. The Morgan fingerprint density at radius 3 is 3.00 bits per heavy atom. The van der Waals surface area contributed by atoms with Gasteiger partial charge in [0.2, 0.25) is 0 Å². The van der Waals surface area contributed by atoms with E-state index in [9.17, 15) is 0 Å². The van der Waals surface area contributed by atoms with Gasteiger partial charge in [-0.15, -0.1) is 11.3 Å². The van der Waals surface area contributed by atoms with Gasteiger partial charge in [-0.1, -0.05) is 0 Å². The van der Waals surface area contributed by atoms with Crippen molar-refractivity contribution in [3.8, 4) is 0 Å². The molecular weight excluding hydrogens is 264 g/mol. The number of anilines is 1. The van der Waals surface area contributed by atoms with Crippen LogP contribution in [0, 0.1) is 5.92 Å². The molecule has 1 aromatic heterocycles. The van der Waals surface area contributed by atoms with Crippen LogP contribution in [0.25, 0.3) is 0 Å². The molecule has 1 fully saturated rings. The number of ether oxygens (including phenoxy) is 1. The lowest BCUT2D eigenvalue weighted by Gasteiger charge is -2.21. The van der Waals surface area contributed by atoms with Gasteiger partial charge in [-0.25, -0.2) is 4.98 Å². The van der Waals surface area contributed by atoms with E-state index >= 15 is 0 Å². The average molecular weight is 277 g/mol. The highest BCUT2D eigenvalue weighted by Gasteiger charge is 2.13. The van der Waals surface area contributed by atoms with Crippen molar-refractivity contribution in [1.29, 1.82) is 0 Å². The standard InChI is InChI=1S/C9H13BrN2OS/c10-8-6-14-9(12-8)11-5-7-1-3-13-4-2-7/h6-7H,1-5H2,(H,11,12). The minimum absolute atomic E-state index is 0.742. The van der Waals surface area contributed by atoms with Gasteiger partial charge in [0.25, 0.3) is 0 Å². The fourth-order valence-electron chi connectivity index (χ4n) is 1.52. The van der Waals surface area contributed by atoms with Crippen molar-refractivity contribution in [2.24, 2.45) is 5.92 Å². The second-order valence-corrected chi connectivity index (χ2v) is 5.08. The lowest BCUT2D eigenvalue weighted by molar-refractivity contribution is 0.0699. The summed E-state index contributed by atoms with van der Waals surface area (Å²) in [6.07, 6.45) is 2.33. The van der Waals surface area contributed by atoms with Gasteiger partial charge in [-0.3, -0.25) is 0 Å². The SMILES string of the molecule is Brc1csc(NCC2CCOCC2)n1. The van der Waals surface area contributed by atoms with E-state index in [-0.39, 0.29) is 0 Å². The molecule has 0 unspecified atom stereocenters. The number of hydrogen-bond acceptors (Lipinski definition) is 4. The van der Waals surface area contributed by atoms with Gasteiger partial charge in [0.1, 0.15) is 4.60 Å². The Morgan fingerprint density at radius 1 is 1.57 bits per heavy atom. The zero-order valence-electron chi connectivity index (χ0n) is 7.83. The smallest absolute Gasteiger partial charge is 0.183 e. The minimum atomic E-state index is 0.742. The Bertz CT molecular complexity index is 286. The first-order valence-electron chi connectivity index (χ1n) is 4.77. The predicted molar refractivity (Wildman–Crippen MR) is 61.8 cm³/mol. The van der Waals surface area contributed by atoms with Crippen LogP contribution in [0.1, 0.15) is 12.8 Å². The van der Waals surface area contributed by atoms with E-state index in [1.54, 1.807) is 11.3 Å². The summed E-state index contributed by atoms with van der Waals surface area (Å²) in [6, 6.07) is 0. The molecule has 1 saturated heterocycles. The molecule has 3 nitrogen and oxygen atoms in total. The normalized spacial score (nSPS) is 18.4. The van der Waals surface area contributed by atoms with Crippen molar-refractivity contribution in [2.75, 3.05) is 25.1 Å². The molecule has 14 heavy (non-hydrogen) atoms. The van der Waals surface area contributed by atoms with Crippen molar-refractivity contribution in [1.82, 2.24) is 4.98 Å². The average Bonchev–Trinajstić information content (AvgIpc) is 2.63. The van der Waals surface area contributed by atoms with Crippen LogP contribution in [0.4, 0.5) is 5.13 Å². The molecule has 1 aromatic rings. The molecule has 0 amide bonds. The van der Waals surface area contributed by atoms with Crippen molar-refractivity contribution in [3.05, 3.63) is 9.98 Å². The van der Waals surface area contributed by atoms with Crippen LogP contribution in [0.3, 0.4) is 0 Å².